The maximum atomic E-state index is 12.5. The summed E-state index contributed by atoms with van der Waals surface area (Å²) in [5, 5.41) is 13.2. The average molecular weight is 389 g/mol. The molecule has 138 valence electrons. The lowest BCUT2D eigenvalue weighted by Gasteiger charge is -2.30. The number of carbonyl (C=O) groups excluding carboxylic acids is 1. The highest BCUT2D eigenvalue weighted by Gasteiger charge is 2.33. The van der Waals surface area contributed by atoms with Crippen LogP contribution < -0.4 is 5.32 Å². The van der Waals surface area contributed by atoms with E-state index in [2.05, 4.69) is 31.0 Å². The third-order valence-electron chi connectivity index (χ3n) is 4.18. The molecule has 2 rings (SSSR count). The number of benzene rings is 1. The van der Waals surface area contributed by atoms with Gasteiger partial charge >= 0.3 is 0 Å². The van der Waals surface area contributed by atoms with E-state index in [9.17, 15) is 10.1 Å². The van der Waals surface area contributed by atoms with Crippen LogP contribution in [0.5, 0.6) is 0 Å². The molecule has 0 unspecified atom stereocenters. The first kappa shape index (κ1) is 20.4. The molecule has 1 atom stereocenters. The van der Waals surface area contributed by atoms with E-state index in [4.69, 9.17) is 16.0 Å². The summed E-state index contributed by atoms with van der Waals surface area (Å²) in [6.45, 7) is 10.1. The summed E-state index contributed by atoms with van der Waals surface area (Å²) in [5.74, 6) is -0.145. The molecule has 4 nitrogen and oxygen atoms in total. The topological polar surface area (TPSA) is 62.1 Å². The number of hydrogen-bond donors (Lipinski definition) is 1. The van der Waals surface area contributed by atoms with Gasteiger partial charge in [-0.15, -0.1) is 0 Å². The zero-order chi connectivity index (χ0) is 19.5. The first-order valence-corrected chi connectivity index (χ1v) is 12.6. The molecule has 6 heteroatoms. The van der Waals surface area contributed by atoms with Gasteiger partial charge in [-0.25, -0.2) is 0 Å². The first-order chi connectivity index (χ1) is 12.1. The highest BCUT2D eigenvalue weighted by atomic mass is 35.5. The minimum Gasteiger partial charge on any atom is -0.397 e. The van der Waals surface area contributed by atoms with Crippen LogP contribution in [-0.2, 0) is 9.22 Å². The standard InChI is InChI=1S/C20H25ClN2O2Si/c1-6-14(10-11-20(7-2,13-22)25-26(3,4)5)18-16-12-15(21)8-9-17(16)23-19(18)24/h8-12H,6-7H2,1-5H3,(H,23,24)/b11-10+,18-14-/t20-/m0/s1. The lowest BCUT2D eigenvalue weighted by atomic mass is 9.95. The Morgan fingerprint density at radius 2 is 2.08 bits per heavy atom. The molecule has 0 bridgehead atoms. The van der Waals surface area contributed by atoms with Crippen molar-refractivity contribution in [3.05, 3.63) is 46.5 Å². The second kappa shape index (κ2) is 7.79. The number of amides is 1. The van der Waals surface area contributed by atoms with E-state index in [0.717, 1.165) is 16.8 Å². The SMILES string of the molecule is CCC(/C=C/[C@](C#N)(CC)O[Si](C)(C)C)=C1/C(=O)Nc2ccc(Cl)cc21. The summed E-state index contributed by atoms with van der Waals surface area (Å²) < 4.78 is 6.14. The Morgan fingerprint density at radius 3 is 2.62 bits per heavy atom. The molecule has 0 spiro atoms. The largest absolute Gasteiger partial charge is 0.397 e. The van der Waals surface area contributed by atoms with Crippen molar-refractivity contribution < 1.29 is 9.22 Å². The van der Waals surface area contributed by atoms with Crippen LogP contribution in [0.2, 0.25) is 24.7 Å². The molecule has 0 radical (unpaired) electrons. The molecule has 0 fully saturated rings. The van der Waals surface area contributed by atoms with Crippen LogP contribution in [0.15, 0.2) is 35.9 Å². The molecular weight excluding hydrogens is 364 g/mol. The van der Waals surface area contributed by atoms with E-state index in [-0.39, 0.29) is 5.91 Å². The van der Waals surface area contributed by atoms with Crippen molar-refractivity contribution >= 4 is 37.1 Å². The molecule has 1 amide bonds. The van der Waals surface area contributed by atoms with Gasteiger partial charge < -0.3 is 9.74 Å². The molecule has 0 saturated carbocycles. The van der Waals surface area contributed by atoms with Gasteiger partial charge in [0.2, 0.25) is 0 Å². The van der Waals surface area contributed by atoms with Gasteiger partial charge in [0, 0.05) is 16.3 Å². The van der Waals surface area contributed by atoms with E-state index in [1.54, 1.807) is 24.3 Å². The van der Waals surface area contributed by atoms with Crippen LogP contribution in [0.1, 0.15) is 32.3 Å². The molecule has 0 aromatic heterocycles. The summed E-state index contributed by atoms with van der Waals surface area (Å²) in [6, 6.07) is 7.67. The Labute approximate surface area is 161 Å². The highest BCUT2D eigenvalue weighted by molar-refractivity contribution is 6.69. The number of halogens is 1. The van der Waals surface area contributed by atoms with Crippen LogP contribution in [-0.4, -0.2) is 19.8 Å². The van der Waals surface area contributed by atoms with Gasteiger partial charge in [-0.1, -0.05) is 31.5 Å². The maximum Gasteiger partial charge on any atom is 0.256 e. The van der Waals surface area contributed by atoms with Gasteiger partial charge in [-0.05, 0) is 62.3 Å². The number of carbonyl (C=O) groups is 1. The maximum absolute atomic E-state index is 12.5. The smallest absolute Gasteiger partial charge is 0.256 e. The van der Waals surface area contributed by atoms with Crippen LogP contribution in [0, 0.1) is 11.3 Å². The Balaban J connectivity index is 2.50. The fraction of sp³-hybridized carbons (Fsp3) is 0.400. The summed E-state index contributed by atoms with van der Waals surface area (Å²) in [5.41, 5.74) is 2.05. The minimum atomic E-state index is -1.91. The van der Waals surface area contributed by atoms with Crippen molar-refractivity contribution in [3.63, 3.8) is 0 Å². The van der Waals surface area contributed by atoms with Crippen molar-refractivity contribution in [3.8, 4) is 6.07 Å². The zero-order valence-electron chi connectivity index (χ0n) is 15.9. The molecular formula is C20H25ClN2O2Si. The second-order valence-electron chi connectivity index (χ2n) is 7.30. The molecule has 1 aromatic carbocycles. The number of fused-ring (bicyclic) bond motifs is 1. The number of nitriles is 1. The molecule has 0 aliphatic carbocycles. The van der Waals surface area contributed by atoms with Crippen LogP contribution in [0.4, 0.5) is 5.69 Å². The quantitative estimate of drug-likeness (QED) is 0.514. The Hall–Kier alpha value is -1.87. The van der Waals surface area contributed by atoms with Crippen LogP contribution >= 0.6 is 11.6 Å². The summed E-state index contributed by atoms with van der Waals surface area (Å²) in [4.78, 5) is 12.5. The summed E-state index contributed by atoms with van der Waals surface area (Å²) >= 11 is 6.11. The fourth-order valence-electron chi connectivity index (χ4n) is 2.98. The molecule has 26 heavy (non-hydrogen) atoms. The van der Waals surface area contributed by atoms with Gasteiger partial charge in [0.05, 0.1) is 5.57 Å². The molecule has 1 N–H and O–H groups in total. The number of nitrogens with zero attached hydrogens (tertiary/aromatic N) is 1. The monoisotopic (exact) mass is 388 g/mol. The minimum absolute atomic E-state index is 0.145. The predicted molar refractivity (Wildman–Crippen MR) is 109 cm³/mol. The number of hydrogen-bond acceptors (Lipinski definition) is 3. The van der Waals surface area contributed by atoms with Gasteiger partial charge in [-0.3, -0.25) is 4.79 Å². The van der Waals surface area contributed by atoms with Crippen molar-refractivity contribution in [2.75, 3.05) is 5.32 Å². The second-order valence-corrected chi connectivity index (χ2v) is 12.2. The Morgan fingerprint density at radius 1 is 1.38 bits per heavy atom. The van der Waals surface area contributed by atoms with Crippen LogP contribution in [0.25, 0.3) is 5.57 Å². The summed E-state index contributed by atoms with van der Waals surface area (Å²) in [7, 11) is -1.91. The van der Waals surface area contributed by atoms with E-state index in [0.29, 0.717) is 23.4 Å². The van der Waals surface area contributed by atoms with Gasteiger partial charge in [-0.2, -0.15) is 5.26 Å². The lowest BCUT2D eigenvalue weighted by Crippen LogP contribution is -2.40. The molecule has 1 aliphatic rings. The first-order valence-electron chi connectivity index (χ1n) is 8.79. The molecule has 1 aliphatic heterocycles. The van der Waals surface area contributed by atoms with Gasteiger partial charge in [0.1, 0.15) is 6.07 Å². The van der Waals surface area contributed by atoms with E-state index in [1.807, 2.05) is 19.9 Å². The van der Waals surface area contributed by atoms with E-state index >= 15 is 0 Å². The van der Waals surface area contributed by atoms with Crippen molar-refractivity contribution in [1.29, 1.82) is 5.26 Å². The third-order valence-corrected chi connectivity index (χ3v) is 5.40. The Kier molecular flexibility index (Phi) is 6.12. The van der Waals surface area contributed by atoms with Crippen molar-refractivity contribution in [2.45, 2.75) is 51.9 Å². The highest BCUT2D eigenvalue weighted by Crippen LogP contribution is 2.37. The van der Waals surface area contributed by atoms with Gasteiger partial charge in [0.15, 0.2) is 13.9 Å². The summed E-state index contributed by atoms with van der Waals surface area (Å²) in [6.07, 6.45) is 4.86. The number of nitrogens with one attached hydrogen (secondary N) is 1. The zero-order valence-corrected chi connectivity index (χ0v) is 17.7. The van der Waals surface area contributed by atoms with Crippen molar-refractivity contribution in [1.82, 2.24) is 0 Å². The molecule has 1 aromatic rings. The van der Waals surface area contributed by atoms with Crippen LogP contribution in [0.3, 0.4) is 0 Å². The Bertz CT molecular complexity index is 818. The average Bonchev–Trinajstić information content (AvgIpc) is 2.89. The van der Waals surface area contributed by atoms with Gasteiger partial charge in [0.25, 0.3) is 5.91 Å². The molecule has 1 heterocycles. The number of anilines is 1. The molecule has 0 saturated heterocycles. The lowest BCUT2D eigenvalue weighted by molar-refractivity contribution is -0.110. The predicted octanol–water partition coefficient (Wildman–Crippen LogP) is 5.54. The number of allylic oxidation sites excluding steroid dienone is 2. The third kappa shape index (κ3) is 4.45. The van der Waals surface area contributed by atoms with Crippen molar-refractivity contribution in [2.24, 2.45) is 0 Å². The number of rotatable bonds is 6. The fourth-order valence-corrected chi connectivity index (χ4v) is 4.50. The normalized spacial score (nSPS) is 18.3. The van der Waals surface area contributed by atoms with E-state index in [1.165, 1.54) is 0 Å². The van der Waals surface area contributed by atoms with E-state index < -0.39 is 13.9 Å².